The van der Waals surface area contributed by atoms with Gasteiger partial charge in [0.2, 0.25) is 0 Å². The van der Waals surface area contributed by atoms with Crippen LogP contribution in [0, 0.1) is 11.6 Å². The molecule has 6 heteroatoms. The summed E-state index contributed by atoms with van der Waals surface area (Å²) in [6.07, 6.45) is 1.79. The fourth-order valence-electron chi connectivity index (χ4n) is 2.49. The molecule has 0 radical (unpaired) electrons. The Balaban J connectivity index is 2.27. The van der Waals surface area contributed by atoms with Crippen LogP contribution in [-0.2, 0) is 19.8 Å². The van der Waals surface area contributed by atoms with Gasteiger partial charge in [-0.3, -0.25) is 5.32 Å². The molecule has 0 spiro atoms. The van der Waals surface area contributed by atoms with E-state index in [1.165, 1.54) is 14.0 Å². The first-order valence-corrected chi connectivity index (χ1v) is 6.88. The zero-order chi connectivity index (χ0) is 15.5. The van der Waals surface area contributed by atoms with Crippen molar-refractivity contribution in [2.24, 2.45) is 0 Å². The minimum Gasteiger partial charge on any atom is -0.467 e. The molecule has 1 aromatic carbocycles. The molecular weight excluding hydrogens is 280 g/mol. The number of hydrogen-bond donors (Lipinski definition) is 1. The summed E-state index contributed by atoms with van der Waals surface area (Å²) in [5.41, 5.74) is -1.54. The van der Waals surface area contributed by atoms with E-state index >= 15 is 0 Å². The Morgan fingerprint density at radius 2 is 2.29 bits per heavy atom. The van der Waals surface area contributed by atoms with Crippen LogP contribution < -0.4 is 5.32 Å². The number of nitrogens with one attached hydrogen (secondary N) is 1. The SMILES string of the molecule is COC(=O)C(C)(NCC1CCCO1)c1cc(F)ccc1F. The van der Waals surface area contributed by atoms with Crippen molar-refractivity contribution in [3.05, 3.63) is 35.4 Å². The van der Waals surface area contributed by atoms with Gasteiger partial charge < -0.3 is 9.47 Å². The van der Waals surface area contributed by atoms with Gasteiger partial charge in [-0.2, -0.15) is 0 Å². The minimum absolute atomic E-state index is 0.0365. The summed E-state index contributed by atoms with van der Waals surface area (Å²) < 4.78 is 37.6. The molecule has 0 aliphatic carbocycles. The molecule has 1 aromatic rings. The first kappa shape index (κ1) is 15.9. The van der Waals surface area contributed by atoms with Crippen LogP contribution in [0.15, 0.2) is 18.2 Å². The molecular formula is C15H19F2NO3. The largest absolute Gasteiger partial charge is 0.467 e. The maximum atomic E-state index is 14.0. The number of rotatable bonds is 5. The van der Waals surface area contributed by atoms with Crippen molar-refractivity contribution < 1.29 is 23.0 Å². The van der Waals surface area contributed by atoms with Crippen molar-refractivity contribution >= 4 is 5.97 Å². The molecule has 0 aromatic heterocycles. The summed E-state index contributed by atoms with van der Waals surface area (Å²) in [6.45, 7) is 2.52. The zero-order valence-electron chi connectivity index (χ0n) is 12.1. The van der Waals surface area contributed by atoms with Gasteiger partial charge in [-0.05, 0) is 38.0 Å². The van der Waals surface area contributed by atoms with Crippen LogP contribution in [-0.4, -0.2) is 32.3 Å². The molecule has 1 heterocycles. The quantitative estimate of drug-likeness (QED) is 0.846. The standard InChI is InChI=1S/C15H19F2NO3/c1-15(14(19)20-2,18-9-11-4-3-7-21-11)12-8-10(16)5-6-13(12)17/h5-6,8,11,18H,3-4,7,9H2,1-2H3. The van der Waals surface area contributed by atoms with Gasteiger partial charge in [0.05, 0.1) is 13.2 Å². The summed E-state index contributed by atoms with van der Waals surface area (Å²) in [5.74, 6) is -1.95. The van der Waals surface area contributed by atoms with E-state index in [2.05, 4.69) is 5.32 Å². The van der Waals surface area contributed by atoms with Crippen LogP contribution in [0.1, 0.15) is 25.3 Å². The Bertz CT molecular complexity index is 518. The Labute approximate surface area is 122 Å². The van der Waals surface area contributed by atoms with Crippen LogP contribution in [0.2, 0.25) is 0 Å². The second-order valence-electron chi connectivity index (χ2n) is 5.26. The third kappa shape index (κ3) is 3.39. The summed E-state index contributed by atoms with van der Waals surface area (Å²) in [7, 11) is 1.21. The molecule has 1 aliphatic heterocycles. The predicted octanol–water partition coefficient (Wildman–Crippen LogP) is 2.12. The summed E-state index contributed by atoms with van der Waals surface area (Å²) in [6, 6.07) is 3.02. The molecule has 0 saturated carbocycles. The highest BCUT2D eigenvalue weighted by Gasteiger charge is 2.39. The van der Waals surface area contributed by atoms with Gasteiger partial charge >= 0.3 is 5.97 Å². The highest BCUT2D eigenvalue weighted by molar-refractivity contribution is 5.82. The molecule has 21 heavy (non-hydrogen) atoms. The van der Waals surface area contributed by atoms with Crippen LogP contribution >= 0.6 is 0 Å². The fourth-order valence-corrected chi connectivity index (χ4v) is 2.49. The van der Waals surface area contributed by atoms with E-state index in [0.29, 0.717) is 13.2 Å². The first-order chi connectivity index (χ1) is 9.97. The van der Waals surface area contributed by atoms with E-state index in [1.54, 1.807) is 0 Å². The Morgan fingerprint density at radius 3 is 2.90 bits per heavy atom. The number of halogens is 2. The number of carbonyl (C=O) groups is 1. The van der Waals surface area contributed by atoms with Crippen molar-refractivity contribution in [2.45, 2.75) is 31.4 Å². The molecule has 2 rings (SSSR count). The van der Waals surface area contributed by atoms with Crippen molar-refractivity contribution in [1.29, 1.82) is 0 Å². The second-order valence-corrected chi connectivity index (χ2v) is 5.26. The smallest absolute Gasteiger partial charge is 0.330 e. The summed E-state index contributed by atoms with van der Waals surface area (Å²) in [5, 5.41) is 2.97. The number of carbonyl (C=O) groups excluding carboxylic acids is 1. The maximum absolute atomic E-state index is 14.0. The van der Waals surface area contributed by atoms with Gasteiger partial charge in [0.15, 0.2) is 0 Å². The average molecular weight is 299 g/mol. The molecule has 4 nitrogen and oxygen atoms in total. The summed E-state index contributed by atoms with van der Waals surface area (Å²) >= 11 is 0. The molecule has 1 fully saturated rings. The second kappa shape index (κ2) is 6.49. The van der Waals surface area contributed by atoms with E-state index < -0.39 is 23.1 Å². The molecule has 0 bridgehead atoms. The third-order valence-corrected chi connectivity index (χ3v) is 3.77. The minimum atomic E-state index is -1.47. The van der Waals surface area contributed by atoms with Crippen molar-refractivity contribution in [3.63, 3.8) is 0 Å². The first-order valence-electron chi connectivity index (χ1n) is 6.88. The average Bonchev–Trinajstić information content (AvgIpc) is 2.99. The highest BCUT2D eigenvalue weighted by atomic mass is 19.1. The van der Waals surface area contributed by atoms with Crippen molar-refractivity contribution in [1.82, 2.24) is 5.32 Å². The normalized spacial score (nSPS) is 21.0. The molecule has 1 aliphatic rings. The fraction of sp³-hybridized carbons (Fsp3) is 0.533. The lowest BCUT2D eigenvalue weighted by Gasteiger charge is -2.30. The number of esters is 1. The lowest BCUT2D eigenvalue weighted by atomic mass is 9.91. The Hall–Kier alpha value is -1.53. The monoisotopic (exact) mass is 299 g/mol. The van der Waals surface area contributed by atoms with Gasteiger partial charge in [-0.15, -0.1) is 0 Å². The van der Waals surface area contributed by atoms with E-state index in [-0.39, 0.29) is 11.7 Å². The van der Waals surface area contributed by atoms with Gasteiger partial charge in [-0.25, -0.2) is 13.6 Å². The van der Waals surface area contributed by atoms with Gasteiger partial charge in [0.1, 0.15) is 17.2 Å². The summed E-state index contributed by atoms with van der Waals surface area (Å²) in [4.78, 5) is 12.1. The topological polar surface area (TPSA) is 47.6 Å². The number of hydrogen-bond acceptors (Lipinski definition) is 4. The van der Waals surface area contributed by atoms with Crippen LogP contribution in [0.5, 0.6) is 0 Å². The molecule has 2 unspecified atom stereocenters. The number of ether oxygens (including phenoxy) is 2. The van der Waals surface area contributed by atoms with E-state index in [0.717, 1.165) is 31.0 Å². The van der Waals surface area contributed by atoms with E-state index in [4.69, 9.17) is 9.47 Å². The van der Waals surface area contributed by atoms with Gasteiger partial charge in [0, 0.05) is 18.7 Å². The predicted molar refractivity (Wildman–Crippen MR) is 72.7 cm³/mol. The molecule has 1 N–H and O–H groups in total. The van der Waals surface area contributed by atoms with Crippen molar-refractivity contribution in [2.75, 3.05) is 20.3 Å². The molecule has 0 amide bonds. The molecule has 2 atom stereocenters. The molecule has 1 saturated heterocycles. The number of methoxy groups -OCH3 is 1. The van der Waals surface area contributed by atoms with Crippen LogP contribution in [0.25, 0.3) is 0 Å². The van der Waals surface area contributed by atoms with Gasteiger partial charge in [0.25, 0.3) is 0 Å². The van der Waals surface area contributed by atoms with E-state index in [1.807, 2.05) is 0 Å². The lowest BCUT2D eigenvalue weighted by molar-refractivity contribution is -0.148. The lowest BCUT2D eigenvalue weighted by Crippen LogP contribution is -2.50. The molecule has 116 valence electrons. The zero-order valence-corrected chi connectivity index (χ0v) is 12.1. The maximum Gasteiger partial charge on any atom is 0.330 e. The van der Waals surface area contributed by atoms with Gasteiger partial charge in [-0.1, -0.05) is 0 Å². The third-order valence-electron chi connectivity index (χ3n) is 3.77. The van der Waals surface area contributed by atoms with E-state index in [9.17, 15) is 13.6 Å². The van der Waals surface area contributed by atoms with Crippen molar-refractivity contribution in [3.8, 4) is 0 Å². The number of benzene rings is 1. The Kier molecular flexibility index (Phi) is 4.90. The Morgan fingerprint density at radius 1 is 1.52 bits per heavy atom. The highest BCUT2D eigenvalue weighted by Crippen LogP contribution is 2.26. The van der Waals surface area contributed by atoms with Crippen LogP contribution in [0.4, 0.5) is 8.78 Å². The van der Waals surface area contributed by atoms with Crippen LogP contribution in [0.3, 0.4) is 0 Å².